The summed E-state index contributed by atoms with van der Waals surface area (Å²) in [5, 5.41) is 8.55. The molecule has 104 valence electrons. The van der Waals surface area contributed by atoms with Crippen molar-refractivity contribution in [3.63, 3.8) is 0 Å². The average Bonchev–Trinajstić information content (AvgIpc) is 2.37. The van der Waals surface area contributed by atoms with E-state index in [1.54, 1.807) is 4.72 Å². The van der Waals surface area contributed by atoms with Crippen molar-refractivity contribution < 1.29 is 22.3 Å². The lowest BCUT2D eigenvalue weighted by atomic mass is 10.2. The Morgan fingerprint density at radius 1 is 1.26 bits per heavy atom. The van der Waals surface area contributed by atoms with Gasteiger partial charge in [-0.05, 0) is 24.3 Å². The molecule has 19 heavy (non-hydrogen) atoms. The normalized spacial score (nSPS) is 11.2. The van der Waals surface area contributed by atoms with Crippen molar-refractivity contribution in [1.29, 1.82) is 0 Å². The quantitative estimate of drug-likeness (QED) is 0.794. The first kappa shape index (κ1) is 15.6. The number of sulfonamides is 1. The molecule has 2 N–H and O–H groups in total. The highest BCUT2D eigenvalue weighted by molar-refractivity contribution is 7.89. The minimum Gasteiger partial charge on any atom is -0.395 e. The van der Waals surface area contributed by atoms with Gasteiger partial charge in [0, 0.05) is 12.0 Å². The smallest absolute Gasteiger partial charge is 0.251 e. The van der Waals surface area contributed by atoms with Crippen LogP contribution in [0.2, 0.25) is 0 Å². The van der Waals surface area contributed by atoms with Crippen molar-refractivity contribution >= 4 is 10.0 Å². The number of hydrogen-bond donors (Lipinski definition) is 2. The lowest BCUT2D eigenvalue weighted by molar-refractivity contribution is 0.153. The van der Waals surface area contributed by atoms with Gasteiger partial charge in [-0.25, -0.2) is 21.9 Å². The molecule has 0 amide bonds. The van der Waals surface area contributed by atoms with Gasteiger partial charge in [0.2, 0.25) is 10.0 Å². The number of aliphatic hydroxyl groups is 1. The van der Waals surface area contributed by atoms with Gasteiger partial charge in [0.15, 0.2) is 0 Å². The van der Waals surface area contributed by atoms with E-state index in [4.69, 9.17) is 5.11 Å². The molecule has 1 rings (SSSR count). The first-order valence-corrected chi connectivity index (χ1v) is 6.91. The van der Waals surface area contributed by atoms with Gasteiger partial charge in [-0.2, -0.15) is 0 Å². The Morgan fingerprint density at radius 2 is 1.89 bits per heavy atom. The Balaban J connectivity index is 2.79. The molecule has 4 nitrogen and oxygen atoms in total. The molecule has 0 aliphatic heterocycles. The fraction of sp³-hybridized carbons (Fsp3) is 0.333. The van der Waals surface area contributed by atoms with Crippen molar-refractivity contribution in [3.8, 4) is 11.8 Å². The van der Waals surface area contributed by atoms with Crippen molar-refractivity contribution in [2.24, 2.45) is 0 Å². The number of alkyl halides is 2. The van der Waals surface area contributed by atoms with E-state index in [2.05, 4.69) is 11.8 Å². The Labute approximate surface area is 110 Å². The molecule has 0 saturated heterocycles. The van der Waals surface area contributed by atoms with Crippen LogP contribution >= 0.6 is 0 Å². The van der Waals surface area contributed by atoms with E-state index in [9.17, 15) is 17.2 Å². The van der Waals surface area contributed by atoms with E-state index >= 15 is 0 Å². The minimum atomic E-state index is -3.92. The molecular weight excluding hydrogens is 276 g/mol. The zero-order chi connectivity index (χ0) is 14.3. The summed E-state index contributed by atoms with van der Waals surface area (Å²) in [4.78, 5) is -0.0964. The summed E-state index contributed by atoms with van der Waals surface area (Å²) in [6.07, 6.45) is -2.41. The number of hydrogen-bond acceptors (Lipinski definition) is 3. The van der Waals surface area contributed by atoms with E-state index in [-0.39, 0.29) is 11.5 Å². The second-order valence-corrected chi connectivity index (χ2v) is 5.31. The van der Waals surface area contributed by atoms with Crippen LogP contribution in [-0.4, -0.2) is 33.1 Å². The van der Waals surface area contributed by atoms with Crippen LogP contribution in [-0.2, 0) is 10.0 Å². The standard InChI is InChI=1S/C12H13F2NO3S/c13-12(14)9-15-19(17,18)11-6-4-10(5-7-11)3-1-2-8-16/h4-7,12,15-16H,2,8-9H2. The molecule has 0 atom stereocenters. The van der Waals surface area contributed by atoms with Gasteiger partial charge in [0.25, 0.3) is 6.43 Å². The summed E-state index contributed by atoms with van der Waals surface area (Å²) in [6, 6.07) is 5.52. The van der Waals surface area contributed by atoms with Crippen LogP contribution in [0.4, 0.5) is 8.78 Å². The van der Waals surface area contributed by atoms with Gasteiger partial charge in [-0.3, -0.25) is 0 Å². The van der Waals surface area contributed by atoms with Crippen LogP contribution in [0.15, 0.2) is 29.2 Å². The lowest BCUT2D eigenvalue weighted by Gasteiger charge is -2.05. The van der Waals surface area contributed by atoms with Gasteiger partial charge in [0.05, 0.1) is 18.0 Å². The van der Waals surface area contributed by atoms with E-state index in [1.807, 2.05) is 0 Å². The molecule has 0 radical (unpaired) electrons. The second-order valence-electron chi connectivity index (χ2n) is 3.54. The van der Waals surface area contributed by atoms with Gasteiger partial charge < -0.3 is 5.11 Å². The van der Waals surface area contributed by atoms with E-state index in [0.29, 0.717) is 12.0 Å². The summed E-state index contributed by atoms with van der Waals surface area (Å²) < 4.78 is 48.9. The molecule has 0 spiro atoms. The number of halogens is 2. The fourth-order valence-corrected chi connectivity index (χ4v) is 2.20. The molecule has 0 aliphatic carbocycles. The largest absolute Gasteiger partial charge is 0.395 e. The summed E-state index contributed by atoms with van der Waals surface area (Å²) in [7, 11) is -3.92. The highest BCUT2D eigenvalue weighted by Gasteiger charge is 2.15. The first-order chi connectivity index (χ1) is 8.95. The van der Waals surface area contributed by atoms with Crippen molar-refractivity contribution in [3.05, 3.63) is 29.8 Å². The monoisotopic (exact) mass is 289 g/mol. The molecule has 0 unspecified atom stereocenters. The van der Waals surface area contributed by atoms with Gasteiger partial charge in [-0.15, -0.1) is 0 Å². The van der Waals surface area contributed by atoms with E-state index < -0.39 is 23.0 Å². The molecule has 1 aromatic rings. The molecule has 0 bridgehead atoms. The Morgan fingerprint density at radius 3 is 2.42 bits per heavy atom. The second kappa shape index (κ2) is 7.19. The Kier molecular flexibility index (Phi) is 5.89. The number of aliphatic hydroxyl groups excluding tert-OH is 1. The van der Waals surface area contributed by atoms with Crippen LogP contribution in [0.25, 0.3) is 0 Å². The molecule has 0 fully saturated rings. The van der Waals surface area contributed by atoms with E-state index in [1.165, 1.54) is 24.3 Å². The van der Waals surface area contributed by atoms with Crippen LogP contribution in [0.3, 0.4) is 0 Å². The van der Waals surface area contributed by atoms with Crippen molar-refractivity contribution in [1.82, 2.24) is 4.72 Å². The average molecular weight is 289 g/mol. The van der Waals surface area contributed by atoms with Gasteiger partial charge >= 0.3 is 0 Å². The third-order valence-electron chi connectivity index (χ3n) is 2.06. The van der Waals surface area contributed by atoms with E-state index in [0.717, 1.165) is 0 Å². The Bertz CT molecular complexity index is 559. The zero-order valence-corrected chi connectivity index (χ0v) is 10.8. The first-order valence-electron chi connectivity index (χ1n) is 5.43. The molecule has 0 heterocycles. The maximum atomic E-state index is 12.0. The summed E-state index contributed by atoms with van der Waals surface area (Å²) >= 11 is 0. The van der Waals surface area contributed by atoms with Crippen LogP contribution < -0.4 is 4.72 Å². The maximum Gasteiger partial charge on any atom is 0.251 e. The SMILES string of the molecule is O=S(=O)(NCC(F)F)c1ccc(C#CCCO)cc1. The molecular formula is C12H13F2NO3S. The number of benzene rings is 1. The molecule has 0 aromatic heterocycles. The molecule has 0 aliphatic rings. The maximum absolute atomic E-state index is 12.0. The zero-order valence-electron chi connectivity index (χ0n) is 9.94. The van der Waals surface area contributed by atoms with Crippen molar-refractivity contribution in [2.75, 3.05) is 13.2 Å². The molecule has 0 saturated carbocycles. The van der Waals surface area contributed by atoms with Gasteiger partial charge in [-0.1, -0.05) is 11.8 Å². The lowest BCUT2D eigenvalue weighted by Crippen LogP contribution is -2.28. The third-order valence-corrected chi connectivity index (χ3v) is 3.50. The fourth-order valence-electron chi connectivity index (χ4n) is 1.19. The van der Waals surface area contributed by atoms with Crippen molar-refractivity contribution in [2.45, 2.75) is 17.7 Å². The summed E-state index contributed by atoms with van der Waals surface area (Å²) in [5.41, 5.74) is 0.584. The predicted molar refractivity (Wildman–Crippen MR) is 66.2 cm³/mol. The highest BCUT2D eigenvalue weighted by atomic mass is 32.2. The summed E-state index contributed by atoms with van der Waals surface area (Å²) in [6.45, 7) is -0.961. The highest BCUT2D eigenvalue weighted by Crippen LogP contribution is 2.10. The van der Waals surface area contributed by atoms with Crippen LogP contribution in [0.1, 0.15) is 12.0 Å². The third kappa shape index (κ3) is 5.34. The Hall–Kier alpha value is -1.49. The number of nitrogens with one attached hydrogen (secondary N) is 1. The molecule has 7 heteroatoms. The predicted octanol–water partition coefficient (Wildman–Crippen LogP) is 0.964. The van der Waals surface area contributed by atoms with Crippen LogP contribution in [0.5, 0.6) is 0 Å². The van der Waals surface area contributed by atoms with Crippen LogP contribution in [0, 0.1) is 11.8 Å². The van der Waals surface area contributed by atoms with Gasteiger partial charge in [0.1, 0.15) is 0 Å². The minimum absolute atomic E-state index is 0.0446. The number of rotatable bonds is 5. The molecule has 1 aromatic carbocycles. The summed E-state index contributed by atoms with van der Waals surface area (Å²) in [5.74, 6) is 5.41. The topological polar surface area (TPSA) is 66.4 Å².